The van der Waals surface area contributed by atoms with Crippen molar-refractivity contribution in [1.29, 1.82) is 0 Å². The Morgan fingerprint density at radius 1 is 1.50 bits per heavy atom. The second-order valence-electron chi connectivity index (χ2n) is 1.64. The summed E-state index contributed by atoms with van der Waals surface area (Å²) in [6.45, 7) is 0. The number of furan rings is 1. The van der Waals surface area contributed by atoms with Crippen LogP contribution in [0.2, 0.25) is 0 Å². The summed E-state index contributed by atoms with van der Waals surface area (Å²) in [5, 5.41) is 0. The molecular formula is C7H5IO2. The van der Waals surface area contributed by atoms with Crippen LogP contribution in [0.25, 0.3) is 6.08 Å². The topological polar surface area (TPSA) is 30.2 Å². The molecule has 0 amide bonds. The van der Waals surface area contributed by atoms with Crippen molar-refractivity contribution in [3.63, 3.8) is 0 Å². The second kappa shape index (κ2) is 3.55. The molecule has 2 nitrogen and oxygen atoms in total. The molecule has 0 aliphatic carbocycles. The molecule has 1 aromatic heterocycles. The summed E-state index contributed by atoms with van der Waals surface area (Å²) in [6, 6.07) is 3.65. The Morgan fingerprint density at radius 2 is 2.30 bits per heavy atom. The minimum Gasteiger partial charge on any atom is -0.451 e. The Labute approximate surface area is 72.1 Å². The van der Waals surface area contributed by atoms with E-state index in [9.17, 15) is 4.79 Å². The van der Waals surface area contributed by atoms with Gasteiger partial charge in [0.2, 0.25) is 0 Å². The monoisotopic (exact) mass is 248 g/mol. The van der Waals surface area contributed by atoms with E-state index < -0.39 is 0 Å². The van der Waals surface area contributed by atoms with Crippen LogP contribution in [-0.4, -0.2) is 6.29 Å². The van der Waals surface area contributed by atoms with E-state index in [4.69, 9.17) is 4.42 Å². The van der Waals surface area contributed by atoms with Crippen molar-refractivity contribution < 1.29 is 9.21 Å². The number of carbonyl (C=O) groups excluding carboxylic acids is 1. The lowest BCUT2D eigenvalue weighted by molar-refractivity contribution is -0.104. The lowest BCUT2D eigenvalue weighted by atomic mass is 10.4. The van der Waals surface area contributed by atoms with E-state index in [1.165, 1.54) is 6.08 Å². The molecule has 0 aliphatic rings. The highest BCUT2D eigenvalue weighted by atomic mass is 127. The number of hydrogen-bond donors (Lipinski definition) is 0. The number of halogens is 1. The smallest absolute Gasteiger partial charge is 0.164 e. The lowest BCUT2D eigenvalue weighted by Gasteiger charge is -1.79. The predicted molar refractivity (Wildman–Crippen MR) is 46.5 cm³/mol. The maximum absolute atomic E-state index is 9.85. The molecule has 0 unspecified atom stereocenters. The van der Waals surface area contributed by atoms with E-state index in [0.717, 1.165) is 10.1 Å². The maximum Gasteiger partial charge on any atom is 0.164 e. The molecule has 1 rings (SSSR count). The minimum atomic E-state index is 0.705. The Bertz CT molecular complexity index is 250. The van der Waals surface area contributed by atoms with Gasteiger partial charge in [0, 0.05) is 0 Å². The van der Waals surface area contributed by atoms with E-state index in [0.29, 0.717) is 5.76 Å². The maximum atomic E-state index is 9.85. The van der Waals surface area contributed by atoms with Crippen molar-refractivity contribution in [2.24, 2.45) is 0 Å². The Balaban J connectivity index is 2.75. The Morgan fingerprint density at radius 3 is 2.80 bits per heavy atom. The van der Waals surface area contributed by atoms with Gasteiger partial charge in [-0.25, -0.2) is 0 Å². The molecule has 1 aromatic rings. The van der Waals surface area contributed by atoms with E-state index >= 15 is 0 Å². The molecule has 52 valence electrons. The first-order valence-electron chi connectivity index (χ1n) is 2.70. The number of rotatable bonds is 2. The summed E-state index contributed by atoms with van der Waals surface area (Å²) in [6.07, 6.45) is 3.74. The molecule has 0 aliphatic heterocycles. The van der Waals surface area contributed by atoms with Crippen molar-refractivity contribution in [3.8, 4) is 0 Å². The van der Waals surface area contributed by atoms with E-state index in [-0.39, 0.29) is 0 Å². The average Bonchev–Trinajstić information content (AvgIpc) is 2.31. The third-order valence-electron chi connectivity index (χ3n) is 0.933. The van der Waals surface area contributed by atoms with Crippen molar-refractivity contribution in [2.75, 3.05) is 0 Å². The van der Waals surface area contributed by atoms with Crippen LogP contribution in [-0.2, 0) is 4.79 Å². The van der Waals surface area contributed by atoms with Gasteiger partial charge in [0.1, 0.15) is 12.0 Å². The average molecular weight is 248 g/mol. The Kier molecular flexibility index (Phi) is 2.68. The van der Waals surface area contributed by atoms with Crippen molar-refractivity contribution in [3.05, 3.63) is 27.7 Å². The molecule has 3 heteroatoms. The third kappa shape index (κ3) is 1.98. The summed E-state index contributed by atoms with van der Waals surface area (Å²) in [7, 11) is 0. The second-order valence-corrected chi connectivity index (χ2v) is 2.70. The molecule has 0 fully saturated rings. The summed E-state index contributed by atoms with van der Waals surface area (Å²) >= 11 is 2.06. The highest BCUT2D eigenvalue weighted by molar-refractivity contribution is 14.1. The molecule has 1 heterocycles. The molecule has 10 heavy (non-hydrogen) atoms. The predicted octanol–water partition coefficient (Wildman–Crippen LogP) is 2.10. The molecule has 0 aromatic carbocycles. The molecular weight excluding hydrogens is 243 g/mol. The number of hydrogen-bond acceptors (Lipinski definition) is 2. The standard InChI is InChI=1S/C7H5IO2/c8-7-4-3-6(10-7)2-1-5-9/h1-5H. The minimum absolute atomic E-state index is 0.705. The van der Waals surface area contributed by atoms with E-state index in [2.05, 4.69) is 22.6 Å². The zero-order chi connectivity index (χ0) is 7.40. The van der Waals surface area contributed by atoms with Crippen molar-refractivity contribution >= 4 is 35.0 Å². The van der Waals surface area contributed by atoms with Crippen molar-refractivity contribution in [1.82, 2.24) is 0 Å². The largest absolute Gasteiger partial charge is 0.451 e. The molecule has 0 spiro atoms. The first-order valence-corrected chi connectivity index (χ1v) is 3.78. The summed E-state index contributed by atoms with van der Waals surface area (Å²) in [5.41, 5.74) is 0. The fraction of sp³-hybridized carbons (Fsp3) is 0. The summed E-state index contributed by atoms with van der Waals surface area (Å²) in [4.78, 5) is 9.85. The van der Waals surface area contributed by atoms with Crippen LogP contribution in [0.5, 0.6) is 0 Å². The molecule has 0 radical (unpaired) electrons. The van der Waals surface area contributed by atoms with Crippen LogP contribution in [0.15, 0.2) is 22.6 Å². The molecule has 0 bridgehead atoms. The van der Waals surface area contributed by atoms with Gasteiger partial charge < -0.3 is 4.42 Å². The number of carbonyl (C=O) groups is 1. The van der Waals surface area contributed by atoms with Crippen LogP contribution in [0.3, 0.4) is 0 Å². The van der Waals surface area contributed by atoms with Gasteiger partial charge in [0.25, 0.3) is 0 Å². The third-order valence-corrected chi connectivity index (χ3v) is 1.51. The molecule has 0 N–H and O–H groups in total. The van der Waals surface area contributed by atoms with E-state index in [1.807, 2.05) is 12.1 Å². The number of aldehydes is 1. The van der Waals surface area contributed by atoms with Crippen LogP contribution in [0.1, 0.15) is 5.76 Å². The van der Waals surface area contributed by atoms with Gasteiger partial charge in [-0.15, -0.1) is 0 Å². The zero-order valence-electron chi connectivity index (χ0n) is 5.08. The normalized spacial score (nSPS) is 10.5. The first-order chi connectivity index (χ1) is 4.83. The van der Waals surface area contributed by atoms with Gasteiger partial charge in [0.05, 0.1) is 0 Å². The number of allylic oxidation sites excluding steroid dienone is 1. The molecule has 0 saturated heterocycles. The van der Waals surface area contributed by atoms with Gasteiger partial charge in [-0.1, -0.05) is 0 Å². The quantitative estimate of drug-likeness (QED) is 0.455. The SMILES string of the molecule is O=CC=Cc1ccc(I)o1. The highest BCUT2D eigenvalue weighted by Crippen LogP contribution is 2.10. The van der Waals surface area contributed by atoms with Gasteiger partial charge in [-0.05, 0) is 46.9 Å². The molecule has 0 atom stereocenters. The zero-order valence-corrected chi connectivity index (χ0v) is 7.24. The highest BCUT2D eigenvalue weighted by Gasteiger charge is 1.91. The fourth-order valence-electron chi connectivity index (χ4n) is 0.552. The Hall–Kier alpha value is -0.580. The van der Waals surface area contributed by atoms with E-state index in [1.54, 1.807) is 6.08 Å². The summed E-state index contributed by atoms with van der Waals surface area (Å²) < 4.78 is 5.95. The van der Waals surface area contributed by atoms with Crippen LogP contribution in [0.4, 0.5) is 0 Å². The first kappa shape index (κ1) is 7.53. The van der Waals surface area contributed by atoms with Gasteiger partial charge >= 0.3 is 0 Å². The summed E-state index contributed by atoms with van der Waals surface area (Å²) in [5.74, 6) is 0.705. The van der Waals surface area contributed by atoms with Crippen molar-refractivity contribution in [2.45, 2.75) is 0 Å². The van der Waals surface area contributed by atoms with Gasteiger partial charge in [-0.3, -0.25) is 4.79 Å². The fourth-order valence-corrected chi connectivity index (χ4v) is 0.986. The lowest BCUT2D eigenvalue weighted by Crippen LogP contribution is -1.61. The molecule has 0 saturated carbocycles. The van der Waals surface area contributed by atoms with Crippen LogP contribution >= 0.6 is 22.6 Å². The van der Waals surface area contributed by atoms with Gasteiger partial charge in [-0.2, -0.15) is 0 Å². The van der Waals surface area contributed by atoms with Gasteiger partial charge in [0.15, 0.2) is 3.77 Å². The van der Waals surface area contributed by atoms with Crippen LogP contribution < -0.4 is 0 Å². The van der Waals surface area contributed by atoms with Crippen LogP contribution in [0, 0.1) is 3.77 Å².